The predicted molar refractivity (Wildman–Crippen MR) is 74.5 cm³/mol. The summed E-state index contributed by atoms with van der Waals surface area (Å²) >= 11 is 11.4. The van der Waals surface area contributed by atoms with E-state index in [2.05, 4.69) is 0 Å². The van der Waals surface area contributed by atoms with Crippen LogP contribution in [0.4, 0.5) is 0 Å². The minimum atomic E-state index is -0.0487. The number of ether oxygens (including phenoxy) is 1. The van der Waals surface area contributed by atoms with Crippen molar-refractivity contribution in [3.05, 3.63) is 29.3 Å². The Morgan fingerprint density at radius 2 is 1.94 bits per heavy atom. The Hall–Kier alpha value is -0.930. The molecule has 0 heterocycles. The molecule has 18 heavy (non-hydrogen) atoms. The average molecular weight is 290 g/mol. The van der Waals surface area contributed by atoms with Crippen molar-refractivity contribution >= 4 is 29.1 Å². The van der Waals surface area contributed by atoms with Crippen molar-refractivity contribution in [1.29, 1.82) is 0 Å². The molecule has 5 heteroatoms. The maximum absolute atomic E-state index is 11.9. The fourth-order valence-electron chi connectivity index (χ4n) is 1.50. The summed E-state index contributed by atoms with van der Waals surface area (Å²) in [6.07, 6.45) is 0.906. The molecule has 1 aromatic rings. The van der Waals surface area contributed by atoms with Crippen LogP contribution in [-0.4, -0.2) is 36.4 Å². The summed E-state index contributed by atoms with van der Waals surface area (Å²) in [7, 11) is 0. The maximum atomic E-state index is 11.9. The summed E-state index contributed by atoms with van der Waals surface area (Å²) in [6.45, 7) is 3.31. The van der Waals surface area contributed by atoms with Crippen LogP contribution in [0.25, 0.3) is 0 Å². The normalized spacial score (nSPS) is 10.2. The van der Waals surface area contributed by atoms with Gasteiger partial charge in [-0.3, -0.25) is 4.79 Å². The molecule has 0 saturated heterocycles. The smallest absolute Gasteiger partial charge is 0.260 e. The Balaban J connectivity index is 2.45. The molecule has 0 aliphatic carbocycles. The minimum Gasteiger partial charge on any atom is -0.484 e. The molecular weight excluding hydrogens is 273 g/mol. The van der Waals surface area contributed by atoms with Crippen LogP contribution in [0.3, 0.4) is 0 Å². The fraction of sp³-hybridized carbons (Fsp3) is 0.462. The molecule has 0 fully saturated rings. The van der Waals surface area contributed by atoms with Gasteiger partial charge in [0.05, 0.1) is 0 Å². The molecule has 0 aliphatic heterocycles. The van der Waals surface area contributed by atoms with Gasteiger partial charge in [-0.2, -0.15) is 0 Å². The second-order valence-corrected chi connectivity index (χ2v) is 4.63. The quantitative estimate of drug-likeness (QED) is 0.722. The molecule has 3 nitrogen and oxygen atoms in total. The zero-order valence-corrected chi connectivity index (χ0v) is 11.9. The molecule has 0 N–H and O–H groups in total. The number of carbonyl (C=O) groups is 1. The lowest BCUT2D eigenvalue weighted by atomic mass is 10.3. The van der Waals surface area contributed by atoms with Gasteiger partial charge in [0.25, 0.3) is 5.91 Å². The highest BCUT2D eigenvalue weighted by atomic mass is 35.5. The first kappa shape index (κ1) is 15.1. The summed E-state index contributed by atoms with van der Waals surface area (Å²) in [5, 5.41) is 0.642. The van der Waals surface area contributed by atoms with Crippen molar-refractivity contribution < 1.29 is 9.53 Å². The summed E-state index contributed by atoms with van der Waals surface area (Å²) in [5.74, 6) is 1.02. The summed E-state index contributed by atoms with van der Waals surface area (Å²) < 4.78 is 5.40. The van der Waals surface area contributed by atoms with Crippen molar-refractivity contribution in [2.75, 3.05) is 25.6 Å². The van der Waals surface area contributed by atoms with Crippen molar-refractivity contribution in [2.24, 2.45) is 0 Å². The van der Waals surface area contributed by atoms with Crippen LogP contribution in [-0.2, 0) is 4.79 Å². The van der Waals surface area contributed by atoms with Crippen LogP contribution >= 0.6 is 23.2 Å². The zero-order valence-electron chi connectivity index (χ0n) is 10.4. The molecule has 0 saturated carbocycles. The third-order valence-electron chi connectivity index (χ3n) is 2.38. The Bertz CT molecular complexity index is 362. The van der Waals surface area contributed by atoms with Crippen LogP contribution in [0.15, 0.2) is 24.3 Å². The van der Waals surface area contributed by atoms with E-state index in [-0.39, 0.29) is 12.5 Å². The number of rotatable bonds is 7. The third-order valence-corrected chi connectivity index (χ3v) is 2.80. The number of hydrogen-bond acceptors (Lipinski definition) is 2. The summed E-state index contributed by atoms with van der Waals surface area (Å²) in [4.78, 5) is 13.6. The molecule has 0 bridgehead atoms. The van der Waals surface area contributed by atoms with Gasteiger partial charge in [0.1, 0.15) is 5.75 Å². The van der Waals surface area contributed by atoms with Gasteiger partial charge >= 0.3 is 0 Å². The van der Waals surface area contributed by atoms with Crippen LogP contribution < -0.4 is 4.74 Å². The molecule has 0 aliphatic rings. The lowest BCUT2D eigenvalue weighted by Crippen LogP contribution is -2.36. The second-order valence-electron chi connectivity index (χ2n) is 3.81. The fourth-order valence-corrected chi connectivity index (χ4v) is 1.83. The highest BCUT2D eigenvalue weighted by Gasteiger charge is 2.12. The third kappa shape index (κ3) is 5.15. The van der Waals surface area contributed by atoms with Gasteiger partial charge in [0, 0.05) is 24.0 Å². The van der Waals surface area contributed by atoms with Gasteiger partial charge in [-0.05, 0) is 30.7 Å². The van der Waals surface area contributed by atoms with Gasteiger partial charge in [-0.15, -0.1) is 11.6 Å². The lowest BCUT2D eigenvalue weighted by Gasteiger charge is -2.20. The van der Waals surface area contributed by atoms with Crippen LogP contribution in [0, 0.1) is 0 Å². The van der Waals surface area contributed by atoms with Crippen LogP contribution in [0.1, 0.15) is 13.3 Å². The first-order valence-corrected chi connectivity index (χ1v) is 6.80. The van der Waals surface area contributed by atoms with Gasteiger partial charge < -0.3 is 9.64 Å². The molecule has 0 atom stereocenters. The molecule has 0 radical (unpaired) electrons. The largest absolute Gasteiger partial charge is 0.484 e. The average Bonchev–Trinajstić information content (AvgIpc) is 2.37. The standard InChI is InChI=1S/C13H17Cl2NO2/c1-2-8-16(9-7-14)13(17)10-18-12-5-3-11(15)4-6-12/h3-6H,2,7-10H2,1H3. The molecule has 1 aromatic carbocycles. The van der Waals surface area contributed by atoms with E-state index in [0.717, 1.165) is 6.42 Å². The molecular formula is C13H17Cl2NO2. The monoisotopic (exact) mass is 289 g/mol. The van der Waals surface area contributed by atoms with Crippen LogP contribution in [0.2, 0.25) is 5.02 Å². The van der Waals surface area contributed by atoms with Crippen molar-refractivity contribution in [3.8, 4) is 5.75 Å². The zero-order chi connectivity index (χ0) is 13.4. The van der Waals surface area contributed by atoms with Gasteiger partial charge in [-0.25, -0.2) is 0 Å². The molecule has 1 rings (SSSR count). The van der Waals surface area contributed by atoms with Gasteiger partial charge in [-0.1, -0.05) is 18.5 Å². The topological polar surface area (TPSA) is 29.5 Å². The van der Waals surface area contributed by atoms with Gasteiger partial charge in [0.15, 0.2) is 6.61 Å². The summed E-state index contributed by atoms with van der Waals surface area (Å²) in [5.41, 5.74) is 0. The second kappa shape index (κ2) is 8.22. The maximum Gasteiger partial charge on any atom is 0.260 e. The Morgan fingerprint density at radius 1 is 1.28 bits per heavy atom. The molecule has 0 unspecified atom stereocenters. The van der Waals surface area contributed by atoms with Crippen molar-refractivity contribution in [1.82, 2.24) is 4.90 Å². The van der Waals surface area contributed by atoms with E-state index in [1.165, 1.54) is 0 Å². The number of carbonyl (C=O) groups excluding carboxylic acids is 1. The van der Waals surface area contributed by atoms with Crippen molar-refractivity contribution in [3.63, 3.8) is 0 Å². The van der Waals surface area contributed by atoms with Gasteiger partial charge in [0.2, 0.25) is 0 Å². The van der Waals surface area contributed by atoms with E-state index in [4.69, 9.17) is 27.9 Å². The Kier molecular flexibility index (Phi) is 6.91. The number of alkyl halides is 1. The highest BCUT2D eigenvalue weighted by molar-refractivity contribution is 6.30. The number of benzene rings is 1. The van der Waals surface area contributed by atoms with E-state index < -0.39 is 0 Å². The molecule has 1 amide bonds. The summed E-state index contributed by atoms with van der Waals surface area (Å²) in [6, 6.07) is 6.93. The molecule has 100 valence electrons. The highest BCUT2D eigenvalue weighted by Crippen LogP contribution is 2.15. The minimum absolute atomic E-state index is 0.0263. The van der Waals surface area contributed by atoms with Crippen molar-refractivity contribution in [2.45, 2.75) is 13.3 Å². The van der Waals surface area contributed by atoms with E-state index >= 15 is 0 Å². The first-order valence-electron chi connectivity index (χ1n) is 5.89. The Morgan fingerprint density at radius 3 is 2.50 bits per heavy atom. The van der Waals surface area contributed by atoms with E-state index in [0.29, 0.717) is 29.7 Å². The first-order chi connectivity index (χ1) is 8.67. The van der Waals surface area contributed by atoms with E-state index in [9.17, 15) is 4.79 Å². The SMILES string of the molecule is CCCN(CCCl)C(=O)COc1ccc(Cl)cc1. The predicted octanol–water partition coefficient (Wildman–Crippen LogP) is 3.20. The number of halogens is 2. The number of hydrogen-bond donors (Lipinski definition) is 0. The van der Waals surface area contributed by atoms with E-state index in [1.54, 1.807) is 29.2 Å². The molecule has 0 spiro atoms. The van der Waals surface area contributed by atoms with Crippen LogP contribution in [0.5, 0.6) is 5.75 Å². The number of amides is 1. The number of nitrogens with zero attached hydrogens (tertiary/aromatic N) is 1. The molecule has 0 aromatic heterocycles. The lowest BCUT2D eigenvalue weighted by molar-refractivity contribution is -0.133. The Labute approximate surface area is 118 Å². The van der Waals surface area contributed by atoms with E-state index in [1.807, 2.05) is 6.92 Å².